The molecule has 0 amide bonds. The third kappa shape index (κ3) is 3.37. The van der Waals surface area contributed by atoms with E-state index in [0.717, 1.165) is 18.4 Å². The maximum Gasteiger partial charge on any atom is 0.123 e. The summed E-state index contributed by atoms with van der Waals surface area (Å²) in [6.07, 6.45) is 5.51. The van der Waals surface area contributed by atoms with Crippen molar-refractivity contribution in [2.45, 2.75) is 18.9 Å². The molecule has 1 heterocycles. The van der Waals surface area contributed by atoms with Crippen molar-refractivity contribution in [2.75, 3.05) is 7.05 Å². The number of aromatic nitrogens is 1. The molecule has 18 heavy (non-hydrogen) atoms. The van der Waals surface area contributed by atoms with E-state index in [1.165, 1.54) is 17.7 Å². The lowest BCUT2D eigenvalue weighted by Gasteiger charge is -2.16. The number of halogens is 1. The first-order valence-corrected chi connectivity index (χ1v) is 6.11. The van der Waals surface area contributed by atoms with Crippen LogP contribution in [-0.2, 0) is 6.42 Å². The molecule has 1 aromatic heterocycles. The van der Waals surface area contributed by atoms with Crippen LogP contribution in [0.1, 0.15) is 23.6 Å². The number of nitrogens with zero attached hydrogens (tertiary/aromatic N) is 1. The lowest BCUT2D eigenvalue weighted by atomic mass is 10.00. The van der Waals surface area contributed by atoms with Crippen molar-refractivity contribution in [1.82, 2.24) is 10.3 Å². The van der Waals surface area contributed by atoms with Crippen LogP contribution in [-0.4, -0.2) is 12.0 Å². The Morgan fingerprint density at radius 1 is 1.11 bits per heavy atom. The maximum atomic E-state index is 12.8. The number of hydrogen-bond acceptors (Lipinski definition) is 2. The van der Waals surface area contributed by atoms with Crippen molar-refractivity contribution in [1.29, 1.82) is 0 Å². The van der Waals surface area contributed by atoms with Crippen LogP contribution < -0.4 is 5.32 Å². The largest absolute Gasteiger partial charge is 0.313 e. The third-order valence-electron chi connectivity index (χ3n) is 3.09. The van der Waals surface area contributed by atoms with Gasteiger partial charge in [-0.1, -0.05) is 12.1 Å². The summed E-state index contributed by atoms with van der Waals surface area (Å²) in [4.78, 5) is 4.02. The van der Waals surface area contributed by atoms with Gasteiger partial charge in [0.2, 0.25) is 0 Å². The maximum absolute atomic E-state index is 12.8. The average molecular weight is 244 g/mol. The molecular formula is C15H17FN2. The average Bonchev–Trinajstić information content (AvgIpc) is 2.43. The zero-order valence-electron chi connectivity index (χ0n) is 10.4. The quantitative estimate of drug-likeness (QED) is 0.874. The molecule has 1 atom stereocenters. The van der Waals surface area contributed by atoms with Crippen LogP contribution in [0.3, 0.4) is 0 Å². The summed E-state index contributed by atoms with van der Waals surface area (Å²) in [7, 11) is 1.95. The van der Waals surface area contributed by atoms with Crippen LogP contribution in [0.15, 0.2) is 48.8 Å². The second-order valence-corrected chi connectivity index (χ2v) is 4.29. The van der Waals surface area contributed by atoms with Crippen molar-refractivity contribution < 1.29 is 4.39 Å². The highest BCUT2D eigenvalue weighted by Gasteiger charge is 2.08. The minimum absolute atomic E-state index is 0.182. The number of pyridine rings is 1. The number of hydrogen-bond donors (Lipinski definition) is 1. The molecule has 2 nitrogen and oxygen atoms in total. The van der Waals surface area contributed by atoms with Crippen LogP contribution in [0, 0.1) is 5.82 Å². The number of nitrogens with one attached hydrogen (secondary N) is 1. The van der Waals surface area contributed by atoms with Crippen molar-refractivity contribution >= 4 is 0 Å². The smallest absolute Gasteiger partial charge is 0.123 e. The Labute approximate surface area is 107 Å². The molecule has 0 saturated heterocycles. The van der Waals surface area contributed by atoms with Gasteiger partial charge in [-0.05, 0) is 55.3 Å². The monoisotopic (exact) mass is 244 g/mol. The Bertz CT molecular complexity index is 468. The summed E-state index contributed by atoms with van der Waals surface area (Å²) in [5.74, 6) is -0.182. The zero-order valence-corrected chi connectivity index (χ0v) is 10.4. The second kappa shape index (κ2) is 6.26. The van der Waals surface area contributed by atoms with E-state index in [2.05, 4.69) is 10.3 Å². The van der Waals surface area contributed by atoms with E-state index in [1.54, 1.807) is 12.4 Å². The molecule has 2 aromatic rings. The normalized spacial score (nSPS) is 12.3. The van der Waals surface area contributed by atoms with E-state index in [9.17, 15) is 4.39 Å². The first-order chi connectivity index (χ1) is 8.79. The molecule has 1 unspecified atom stereocenters. The SMILES string of the molecule is CNC(CCc1ccc(F)cc1)c1ccncc1. The van der Waals surface area contributed by atoms with Gasteiger partial charge in [0.15, 0.2) is 0 Å². The number of aryl methyl sites for hydroxylation is 1. The first kappa shape index (κ1) is 12.7. The van der Waals surface area contributed by atoms with E-state index in [-0.39, 0.29) is 5.82 Å². The molecule has 2 rings (SSSR count). The Morgan fingerprint density at radius 3 is 2.39 bits per heavy atom. The van der Waals surface area contributed by atoms with Crippen LogP contribution >= 0.6 is 0 Å². The van der Waals surface area contributed by atoms with Gasteiger partial charge in [0, 0.05) is 18.4 Å². The van der Waals surface area contributed by atoms with Crippen molar-refractivity contribution in [3.63, 3.8) is 0 Å². The van der Waals surface area contributed by atoms with Crippen molar-refractivity contribution in [3.05, 3.63) is 65.7 Å². The highest BCUT2D eigenvalue weighted by atomic mass is 19.1. The fourth-order valence-corrected chi connectivity index (χ4v) is 2.04. The molecule has 0 spiro atoms. The lowest BCUT2D eigenvalue weighted by molar-refractivity contribution is 0.548. The second-order valence-electron chi connectivity index (χ2n) is 4.29. The minimum atomic E-state index is -0.182. The standard InChI is InChI=1S/C15H17FN2/c1-17-15(13-8-10-18-11-9-13)7-4-12-2-5-14(16)6-3-12/h2-3,5-6,8-11,15,17H,4,7H2,1H3. The van der Waals surface area contributed by atoms with Gasteiger partial charge in [-0.15, -0.1) is 0 Å². The summed E-state index contributed by atoms with van der Waals surface area (Å²) in [6.45, 7) is 0. The van der Waals surface area contributed by atoms with E-state index < -0.39 is 0 Å². The number of benzene rings is 1. The first-order valence-electron chi connectivity index (χ1n) is 6.11. The van der Waals surface area contributed by atoms with Crippen LogP contribution in [0.2, 0.25) is 0 Å². The molecule has 3 heteroatoms. The van der Waals surface area contributed by atoms with E-state index in [0.29, 0.717) is 6.04 Å². The molecule has 0 fully saturated rings. The predicted octanol–water partition coefficient (Wildman–Crippen LogP) is 3.11. The van der Waals surface area contributed by atoms with Gasteiger partial charge >= 0.3 is 0 Å². The van der Waals surface area contributed by atoms with Gasteiger partial charge in [0.05, 0.1) is 0 Å². The molecule has 0 saturated carbocycles. The van der Waals surface area contributed by atoms with E-state index in [1.807, 2.05) is 31.3 Å². The summed E-state index contributed by atoms with van der Waals surface area (Å²) in [5.41, 5.74) is 2.39. The van der Waals surface area contributed by atoms with Gasteiger partial charge in [-0.2, -0.15) is 0 Å². The van der Waals surface area contributed by atoms with Gasteiger partial charge in [-0.25, -0.2) is 4.39 Å². The molecule has 1 N–H and O–H groups in total. The van der Waals surface area contributed by atoms with Gasteiger partial charge in [-0.3, -0.25) is 4.98 Å². The van der Waals surface area contributed by atoms with Crippen LogP contribution in [0.5, 0.6) is 0 Å². The summed E-state index contributed by atoms with van der Waals surface area (Å²) >= 11 is 0. The van der Waals surface area contributed by atoms with E-state index in [4.69, 9.17) is 0 Å². The van der Waals surface area contributed by atoms with Gasteiger partial charge in [0.1, 0.15) is 5.82 Å². The van der Waals surface area contributed by atoms with Crippen molar-refractivity contribution in [2.24, 2.45) is 0 Å². The van der Waals surface area contributed by atoms with Gasteiger partial charge in [0.25, 0.3) is 0 Å². The molecular weight excluding hydrogens is 227 g/mol. The van der Waals surface area contributed by atoms with Gasteiger partial charge < -0.3 is 5.32 Å². The van der Waals surface area contributed by atoms with E-state index >= 15 is 0 Å². The summed E-state index contributed by atoms with van der Waals surface area (Å²) in [6, 6.07) is 11.0. The molecule has 0 bridgehead atoms. The molecule has 0 aliphatic rings. The van der Waals surface area contributed by atoms with Crippen LogP contribution in [0.4, 0.5) is 4.39 Å². The Balaban J connectivity index is 1.97. The third-order valence-corrected chi connectivity index (χ3v) is 3.09. The topological polar surface area (TPSA) is 24.9 Å². The van der Waals surface area contributed by atoms with Crippen LogP contribution in [0.25, 0.3) is 0 Å². The highest BCUT2D eigenvalue weighted by Crippen LogP contribution is 2.18. The lowest BCUT2D eigenvalue weighted by Crippen LogP contribution is -2.17. The Morgan fingerprint density at radius 2 is 1.78 bits per heavy atom. The highest BCUT2D eigenvalue weighted by molar-refractivity contribution is 5.18. The number of rotatable bonds is 5. The molecule has 0 aliphatic carbocycles. The molecule has 1 aromatic carbocycles. The predicted molar refractivity (Wildman–Crippen MR) is 70.8 cm³/mol. The fourth-order valence-electron chi connectivity index (χ4n) is 2.04. The molecule has 0 aliphatic heterocycles. The van der Waals surface area contributed by atoms with Crippen molar-refractivity contribution in [3.8, 4) is 0 Å². The fraction of sp³-hybridized carbons (Fsp3) is 0.267. The molecule has 0 radical (unpaired) electrons. The Kier molecular flexibility index (Phi) is 4.42. The molecule has 94 valence electrons. The minimum Gasteiger partial charge on any atom is -0.313 e. The zero-order chi connectivity index (χ0) is 12.8. The summed E-state index contributed by atoms with van der Waals surface area (Å²) < 4.78 is 12.8. The Hall–Kier alpha value is -1.74. The summed E-state index contributed by atoms with van der Waals surface area (Å²) in [5, 5.41) is 3.30.